The van der Waals surface area contributed by atoms with Crippen molar-refractivity contribution in [2.75, 3.05) is 19.0 Å². The van der Waals surface area contributed by atoms with Gasteiger partial charge in [-0.2, -0.15) is 0 Å². The largest absolute Gasteiger partial charge is 0.381 e. The molecule has 0 fully saturated rings. The molecule has 1 unspecified atom stereocenters. The van der Waals surface area contributed by atoms with Gasteiger partial charge in [0.2, 0.25) is 10.0 Å². The van der Waals surface area contributed by atoms with Gasteiger partial charge in [-0.25, -0.2) is 13.1 Å². The maximum absolute atomic E-state index is 11.5. The lowest BCUT2D eigenvalue weighted by molar-refractivity contribution is 0.163. The normalized spacial score (nSPS) is 13.4. The summed E-state index contributed by atoms with van der Waals surface area (Å²) >= 11 is 0. The van der Waals surface area contributed by atoms with E-state index in [1.54, 1.807) is 0 Å². The first kappa shape index (κ1) is 14.4. The molecular weight excluding hydrogens is 214 g/mol. The van der Waals surface area contributed by atoms with Crippen LogP contribution in [-0.2, 0) is 14.8 Å². The Morgan fingerprint density at radius 3 is 2.60 bits per heavy atom. The zero-order valence-corrected chi connectivity index (χ0v) is 10.1. The minimum absolute atomic E-state index is 0.0390. The Hall–Kier alpha value is -0.570. The molecule has 1 atom stereocenters. The summed E-state index contributed by atoms with van der Waals surface area (Å²) in [5.74, 6) is 2.38. The standard InChI is InChI=1S/C10H19NO3S/c1-4-7-10(5-2)11-15(12,13)9-8-14-6-3/h2,10-11H,4,6-9H2,1,3H3. The van der Waals surface area contributed by atoms with E-state index in [4.69, 9.17) is 11.2 Å². The molecule has 0 amide bonds. The maximum Gasteiger partial charge on any atom is 0.214 e. The minimum Gasteiger partial charge on any atom is -0.381 e. The van der Waals surface area contributed by atoms with Crippen molar-refractivity contribution in [2.45, 2.75) is 32.7 Å². The van der Waals surface area contributed by atoms with Crippen LogP contribution in [0.4, 0.5) is 0 Å². The van der Waals surface area contributed by atoms with E-state index in [2.05, 4.69) is 10.6 Å². The molecule has 0 radical (unpaired) electrons. The molecule has 5 heteroatoms. The summed E-state index contributed by atoms with van der Waals surface area (Å²) in [6.45, 7) is 4.50. The van der Waals surface area contributed by atoms with E-state index in [1.165, 1.54) is 0 Å². The quantitative estimate of drug-likeness (QED) is 0.497. The van der Waals surface area contributed by atoms with Crippen LogP contribution in [0.3, 0.4) is 0 Å². The van der Waals surface area contributed by atoms with Crippen molar-refractivity contribution < 1.29 is 13.2 Å². The molecule has 0 bridgehead atoms. The summed E-state index contributed by atoms with van der Waals surface area (Å²) in [6.07, 6.45) is 6.72. The molecule has 15 heavy (non-hydrogen) atoms. The van der Waals surface area contributed by atoms with Crippen molar-refractivity contribution in [1.82, 2.24) is 4.72 Å². The van der Waals surface area contributed by atoms with Gasteiger partial charge >= 0.3 is 0 Å². The van der Waals surface area contributed by atoms with Crippen LogP contribution in [0.15, 0.2) is 0 Å². The van der Waals surface area contributed by atoms with Crippen LogP contribution in [0, 0.1) is 12.3 Å². The first-order valence-corrected chi connectivity index (χ1v) is 6.74. The summed E-state index contributed by atoms with van der Waals surface area (Å²) in [5.41, 5.74) is 0. The molecule has 0 aromatic heterocycles. The van der Waals surface area contributed by atoms with Crippen molar-refractivity contribution in [3.05, 3.63) is 0 Å². The monoisotopic (exact) mass is 233 g/mol. The Kier molecular flexibility index (Phi) is 7.39. The molecule has 88 valence electrons. The van der Waals surface area contributed by atoms with Crippen molar-refractivity contribution >= 4 is 10.0 Å². The highest BCUT2D eigenvalue weighted by Gasteiger charge is 2.14. The second kappa shape index (κ2) is 7.69. The van der Waals surface area contributed by atoms with Gasteiger partial charge in [-0.05, 0) is 13.3 Å². The average molecular weight is 233 g/mol. The van der Waals surface area contributed by atoms with Crippen LogP contribution in [0.2, 0.25) is 0 Å². The van der Waals surface area contributed by atoms with Crippen LogP contribution in [0.25, 0.3) is 0 Å². The molecule has 0 aliphatic carbocycles. The van der Waals surface area contributed by atoms with Crippen molar-refractivity contribution in [3.8, 4) is 12.3 Å². The number of terminal acetylenes is 1. The summed E-state index contributed by atoms with van der Waals surface area (Å²) < 4.78 is 30.4. The molecule has 0 aromatic carbocycles. The molecule has 0 heterocycles. The molecule has 1 N–H and O–H groups in total. The number of nitrogens with one attached hydrogen (secondary N) is 1. The van der Waals surface area contributed by atoms with Gasteiger partial charge in [0.15, 0.2) is 0 Å². The zero-order valence-electron chi connectivity index (χ0n) is 9.32. The number of rotatable bonds is 8. The molecule has 4 nitrogen and oxygen atoms in total. The summed E-state index contributed by atoms with van der Waals surface area (Å²) in [6, 6.07) is -0.401. The van der Waals surface area contributed by atoms with Gasteiger partial charge < -0.3 is 4.74 Å². The topological polar surface area (TPSA) is 55.4 Å². The summed E-state index contributed by atoms with van der Waals surface area (Å²) in [7, 11) is -3.30. The average Bonchev–Trinajstić information content (AvgIpc) is 2.17. The fourth-order valence-corrected chi connectivity index (χ4v) is 2.13. The zero-order chi connectivity index (χ0) is 11.7. The first-order valence-electron chi connectivity index (χ1n) is 5.09. The van der Waals surface area contributed by atoms with Gasteiger partial charge in [0.1, 0.15) is 0 Å². The SMILES string of the molecule is C#CC(CCC)NS(=O)(=O)CCOCC. The number of ether oxygens (including phenoxy) is 1. The second-order valence-corrected chi connectivity index (χ2v) is 5.02. The van der Waals surface area contributed by atoms with E-state index >= 15 is 0 Å². The third-order valence-corrected chi connectivity index (χ3v) is 3.15. The van der Waals surface area contributed by atoms with Crippen LogP contribution < -0.4 is 4.72 Å². The van der Waals surface area contributed by atoms with Crippen molar-refractivity contribution in [1.29, 1.82) is 0 Å². The molecule has 0 aliphatic rings. The van der Waals surface area contributed by atoms with E-state index in [1.807, 2.05) is 13.8 Å². The number of sulfonamides is 1. The van der Waals surface area contributed by atoms with E-state index in [-0.39, 0.29) is 12.4 Å². The fourth-order valence-electron chi connectivity index (χ4n) is 1.05. The summed E-state index contributed by atoms with van der Waals surface area (Å²) in [4.78, 5) is 0. The van der Waals surface area contributed by atoms with E-state index < -0.39 is 16.1 Å². The Morgan fingerprint density at radius 1 is 1.47 bits per heavy atom. The van der Waals surface area contributed by atoms with E-state index in [9.17, 15) is 8.42 Å². The van der Waals surface area contributed by atoms with Crippen LogP contribution in [0.5, 0.6) is 0 Å². The van der Waals surface area contributed by atoms with Gasteiger partial charge in [-0.3, -0.25) is 0 Å². The predicted molar refractivity (Wildman–Crippen MR) is 60.9 cm³/mol. The smallest absolute Gasteiger partial charge is 0.214 e. The lowest BCUT2D eigenvalue weighted by atomic mass is 10.2. The van der Waals surface area contributed by atoms with Gasteiger partial charge in [-0.15, -0.1) is 6.42 Å². The molecule has 0 aliphatic heterocycles. The highest BCUT2D eigenvalue weighted by Crippen LogP contribution is 1.98. The van der Waals surface area contributed by atoms with Crippen LogP contribution in [0.1, 0.15) is 26.7 Å². The van der Waals surface area contributed by atoms with Gasteiger partial charge in [-0.1, -0.05) is 19.3 Å². The lowest BCUT2D eigenvalue weighted by Gasteiger charge is -2.12. The highest BCUT2D eigenvalue weighted by molar-refractivity contribution is 7.89. The maximum atomic E-state index is 11.5. The Labute approximate surface area is 92.4 Å². The molecule has 0 spiro atoms. The van der Waals surface area contributed by atoms with E-state index in [0.29, 0.717) is 13.0 Å². The van der Waals surface area contributed by atoms with Gasteiger partial charge in [0.25, 0.3) is 0 Å². The minimum atomic E-state index is -3.30. The van der Waals surface area contributed by atoms with Crippen molar-refractivity contribution in [3.63, 3.8) is 0 Å². The first-order chi connectivity index (χ1) is 7.05. The summed E-state index contributed by atoms with van der Waals surface area (Å²) in [5, 5.41) is 0. The fraction of sp³-hybridized carbons (Fsp3) is 0.800. The highest BCUT2D eigenvalue weighted by atomic mass is 32.2. The Bertz CT molecular complexity index is 292. The molecule has 0 aromatic rings. The Balaban J connectivity index is 4.06. The lowest BCUT2D eigenvalue weighted by Crippen LogP contribution is -2.36. The molecule has 0 saturated carbocycles. The molecular formula is C10H19NO3S. The second-order valence-electron chi connectivity index (χ2n) is 3.14. The van der Waals surface area contributed by atoms with Gasteiger partial charge in [0.05, 0.1) is 18.4 Å². The van der Waals surface area contributed by atoms with Gasteiger partial charge in [0, 0.05) is 6.61 Å². The van der Waals surface area contributed by atoms with Crippen LogP contribution >= 0.6 is 0 Å². The van der Waals surface area contributed by atoms with Crippen LogP contribution in [-0.4, -0.2) is 33.4 Å². The number of hydrogen-bond acceptors (Lipinski definition) is 3. The van der Waals surface area contributed by atoms with E-state index in [0.717, 1.165) is 6.42 Å². The predicted octanol–water partition coefficient (Wildman–Crippen LogP) is 0.744. The third-order valence-electron chi connectivity index (χ3n) is 1.80. The Morgan fingerprint density at radius 2 is 2.13 bits per heavy atom. The van der Waals surface area contributed by atoms with Crippen molar-refractivity contribution in [2.24, 2.45) is 0 Å². The number of hydrogen-bond donors (Lipinski definition) is 1. The third kappa shape index (κ3) is 7.37. The molecule has 0 saturated heterocycles. The molecule has 0 rings (SSSR count).